The molecule has 3 aromatic rings. The molecule has 0 aliphatic heterocycles. The Labute approximate surface area is 210 Å². The van der Waals surface area contributed by atoms with Crippen LogP contribution < -0.4 is 5.32 Å². The summed E-state index contributed by atoms with van der Waals surface area (Å²) in [7, 11) is 0. The van der Waals surface area contributed by atoms with Gasteiger partial charge in [-0.2, -0.15) is 5.26 Å². The summed E-state index contributed by atoms with van der Waals surface area (Å²) in [5, 5.41) is 14.0. The van der Waals surface area contributed by atoms with Crippen LogP contribution in [0.4, 0.5) is 5.00 Å². The Morgan fingerprint density at radius 1 is 1.24 bits per heavy atom. The van der Waals surface area contributed by atoms with E-state index in [1.165, 1.54) is 22.2 Å². The van der Waals surface area contributed by atoms with Gasteiger partial charge in [-0.05, 0) is 56.1 Å². The maximum absolute atomic E-state index is 12.8. The summed E-state index contributed by atoms with van der Waals surface area (Å²) in [6.07, 6.45) is 2.96. The van der Waals surface area contributed by atoms with Gasteiger partial charge in [0, 0.05) is 16.1 Å². The van der Waals surface area contributed by atoms with Crippen molar-refractivity contribution in [1.82, 2.24) is 9.97 Å². The zero-order valence-electron chi connectivity index (χ0n) is 20.4. The fraction of sp³-hybridized carbons (Fsp3) is 0.407. The lowest BCUT2D eigenvalue weighted by Gasteiger charge is -2.33. The second-order valence-corrected chi connectivity index (χ2v) is 12.1. The third-order valence-electron chi connectivity index (χ3n) is 6.37. The van der Waals surface area contributed by atoms with Crippen LogP contribution in [0, 0.1) is 36.5 Å². The number of nitrogens with zero attached hydrogens (tertiary/aromatic N) is 3. The van der Waals surface area contributed by atoms with Crippen LogP contribution >= 0.6 is 23.1 Å². The number of anilines is 1. The van der Waals surface area contributed by atoms with Crippen LogP contribution in [0.3, 0.4) is 0 Å². The highest BCUT2D eigenvalue weighted by molar-refractivity contribution is 7.99. The van der Waals surface area contributed by atoms with Crippen LogP contribution in [0.2, 0.25) is 0 Å². The van der Waals surface area contributed by atoms with Crippen LogP contribution in [0.25, 0.3) is 11.3 Å². The Morgan fingerprint density at radius 3 is 2.65 bits per heavy atom. The number of fused-ring (bicyclic) bond motifs is 1. The van der Waals surface area contributed by atoms with E-state index in [1.807, 2.05) is 25.1 Å². The number of rotatable bonds is 5. The summed E-state index contributed by atoms with van der Waals surface area (Å²) in [5.41, 5.74) is 5.93. The molecule has 1 aromatic carbocycles. The molecule has 4 rings (SSSR count). The van der Waals surface area contributed by atoms with Gasteiger partial charge in [0.15, 0.2) is 5.16 Å². The summed E-state index contributed by atoms with van der Waals surface area (Å²) in [6.45, 7) is 10.8. The number of benzene rings is 1. The van der Waals surface area contributed by atoms with Crippen LogP contribution in [0.15, 0.2) is 35.5 Å². The van der Waals surface area contributed by atoms with Gasteiger partial charge in [-0.1, -0.05) is 62.4 Å². The normalized spacial score (nSPS) is 15.5. The van der Waals surface area contributed by atoms with Gasteiger partial charge in [-0.15, -0.1) is 11.3 Å². The van der Waals surface area contributed by atoms with Crippen molar-refractivity contribution >= 4 is 34.0 Å². The number of carbonyl (C=O) groups excluding carboxylic acids is 1. The van der Waals surface area contributed by atoms with Gasteiger partial charge < -0.3 is 5.32 Å². The van der Waals surface area contributed by atoms with Crippen molar-refractivity contribution in [2.45, 2.75) is 59.0 Å². The van der Waals surface area contributed by atoms with E-state index in [4.69, 9.17) is 0 Å². The molecule has 34 heavy (non-hydrogen) atoms. The molecule has 0 fully saturated rings. The Bertz CT molecular complexity index is 1250. The second-order valence-electron chi connectivity index (χ2n) is 10.0. The average Bonchev–Trinajstić information content (AvgIpc) is 3.13. The molecule has 0 unspecified atom stereocenters. The predicted octanol–water partition coefficient (Wildman–Crippen LogP) is 6.58. The molecule has 0 bridgehead atoms. The third kappa shape index (κ3) is 5.51. The minimum atomic E-state index is -0.144. The fourth-order valence-corrected chi connectivity index (χ4v) is 6.30. The molecule has 176 valence electrons. The number of aromatic nitrogens is 2. The van der Waals surface area contributed by atoms with E-state index in [0.29, 0.717) is 21.6 Å². The van der Waals surface area contributed by atoms with E-state index in [9.17, 15) is 10.1 Å². The number of carbonyl (C=O) groups is 1. The Hall–Kier alpha value is -2.69. The first-order valence-electron chi connectivity index (χ1n) is 11.5. The molecule has 7 heteroatoms. The molecule has 0 radical (unpaired) electrons. The van der Waals surface area contributed by atoms with Gasteiger partial charge in [-0.3, -0.25) is 4.79 Å². The second kappa shape index (κ2) is 9.89. The van der Waals surface area contributed by atoms with Gasteiger partial charge in [0.1, 0.15) is 11.1 Å². The van der Waals surface area contributed by atoms with Crippen molar-refractivity contribution in [2.75, 3.05) is 11.1 Å². The van der Waals surface area contributed by atoms with Crippen molar-refractivity contribution in [3.63, 3.8) is 0 Å². The smallest absolute Gasteiger partial charge is 0.235 e. The maximum Gasteiger partial charge on any atom is 0.235 e. The molecule has 0 spiro atoms. The third-order valence-corrected chi connectivity index (χ3v) is 8.39. The SMILES string of the molecule is Cc1ccc(-c2cc(C)nc(SCC(=O)Nc3sc4c(c3C#N)CC[C@H](C(C)(C)C)C4)n2)cc1. The molecule has 1 aliphatic rings. The number of hydrogen-bond donors (Lipinski definition) is 1. The van der Waals surface area contributed by atoms with E-state index in [-0.39, 0.29) is 17.1 Å². The lowest BCUT2D eigenvalue weighted by molar-refractivity contribution is -0.113. The zero-order valence-corrected chi connectivity index (χ0v) is 22.0. The monoisotopic (exact) mass is 490 g/mol. The summed E-state index contributed by atoms with van der Waals surface area (Å²) in [4.78, 5) is 23.2. The molecular weight excluding hydrogens is 460 g/mol. The molecule has 2 heterocycles. The van der Waals surface area contributed by atoms with Crippen LogP contribution in [0.1, 0.15) is 54.5 Å². The van der Waals surface area contributed by atoms with Gasteiger partial charge in [0.05, 0.1) is 17.0 Å². The van der Waals surface area contributed by atoms with Crippen molar-refractivity contribution in [3.8, 4) is 17.3 Å². The van der Waals surface area contributed by atoms with Crippen molar-refractivity contribution < 1.29 is 4.79 Å². The number of nitrogens with one attached hydrogen (secondary N) is 1. The van der Waals surface area contributed by atoms with Gasteiger partial charge >= 0.3 is 0 Å². The summed E-state index contributed by atoms with van der Waals surface area (Å²) >= 11 is 2.88. The molecule has 1 amide bonds. The summed E-state index contributed by atoms with van der Waals surface area (Å²) in [6, 6.07) is 12.5. The number of nitriles is 1. The average molecular weight is 491 g/mol. The minimum Gasteiger partial charge on any atom is -0.316 e. The lowest BCUT2D eigenvalue weighted by Crippen LogP contribution is -2.26. The Morgan fingerprint density at radius 2 is 1.97 bits per heavy atom. The Balaban J connectivity index is 1.45. The summed E-state index contributed by atoms with van der Waals surface area (Å²) < 4.78 is 0. The van der Waals surface area contributed by atoms with Gasteiger partial charge in [0.25, 0.3) is 0 Å². The summed E-state index contributed by atoms with van der Waals surface area (Å²) in [5.74, 6) is 0.634. The molecule has 2 aromatic heterocycles. The van der Waals surface area contributed by atoms with E-state index in [0.717, 1.165) is 41.8 Å². The minimum absolute atomic E-state index is 0.144. The highest BCUT2D eigenvalue weighted by Crippen LogP contribution is 2.44. The standard InChI is InChI=1S/C27H30N4OS2/c1-16-6-8-18(9-7-16)22-12-17(2)29-26(30-22)33-15-24(32)31-25-21(14-28)20-11-10-19(27(3,4)5)13-23(20)34-25/h6-9,12,19H,10-11,13,15H2,1-5H3,(H,31,32)/t19-/m0/s1. The van der Waals surface area contributed by atoms with Crippen LogP contribution in [0.5, 0.6) is 0 Å². The molecule has 0 saturated carbocycles. The number of hydrogen-bond acceptors (Lipinski definition) is 6. The maximum atomic E-state index is 12.8. The molecule has 5 nitrogen and oxygen atoms in total. The first-order valence-corrected chi connectivity index (χ1v) is 13.3. The topological polar surface area (TPSA) is 78.7 Å². The molecule has 1 N–H and O–H groups in total. The first-order chi connectivity index (χ1) is 16.1. The van der Waals surface area contributed by atoms with E-state index in [1.54, 1.807) is 11.3 Å². The van der Waals surface area contributed by atoms with Crippen molar-refractivity contribution in [2.24, 2.45) is 11.3 Å². The lowest BCUT2D eigenvalue weighted by atomic mass is 9.72. The molecule has 1 atom stereocenters. The molecular formula is C27H30N4OS2. The quantitative estimate of drug-likeness (QED) is 0.323. The van der Waals surface area contributed by atoms with Gasteiger partial charge in [-0.25, -0.2) is 9.97 Å². The Kier molecular flexibility index (Phi) is 7.11. The zero-order chi connectivity index (χ0) is 24.5. The number of aryl methyl sites for hydroxylation is 2. The van der Waals surface area contributed by atoms with Crippen molar-refractivity contribution in [3.05, 3.63) is 57.6 Å². The molecule has 0 saturated heterocycles. The largest absolute Gasteiger partial charge is 0.316 e. The first kappa shape index (κ1) is 24.4. The fourth-order valence-electron chi connectivity index (χ4n) is 4.30. The number of thiophene rings is 1. The van der Waals surface area contributed by atoms with E-state index >= 15 is 0 Å². The molecule has 1 aliphatic carbocycles. The highest BCUT2D eigenvalue weighted by Gasteiger charge is 2.32. The van der Waals surface area contributed by atoms with Crippen LogP contribution in [-0.2, 0) is 17.6 Å². The van der Waals surface area contributed by atoms with Crippen LogP contribution in [-0.4, -0.2) is 21.6 Å². The van der Waals surface area contributed by atoms with Crippen molar-refractivity contribution in [1.29, 1.82) is 5.26 Å². The van der Waals surface area contributed by atoms with E-state index in [2.05, 4.69) is 61.2 Å². The van der Waals surface area contributed by atoms with Gasteiger partial charge in [0.2, 0.25) is 5.91 Å². The number of amides is 1. The highest BCUT2D eigenvalue weighted by atomic mass is 32.2. The van der Waals surface area contributed by atoms with E-state index < -0.39 is 0 Å². The predicted molar refractivity (Wildman–Crippen MR) is 140 cm³/mol. The number of thioether (sulfide) groups is 1.